The van der Waals surface area contributed by atoms with Gasteiger partial charge in [-0.25, -0.2) is 0 Å². The van der Waals surface area contributed by atoms with Crippen molar-refractivity contribution in [2.75, 3.05) is 11.4 Å². The summed E-state index contributed by atoms with van der Waals surface area (Å²) in [6.07, 6.45) is 4.91. The van der Waals surface area contributed by atoms with E-state index in [9.17, 15) is 0 Å². The minimum absolute atomic E-state index is 0.204. The van der Waals surface area contributed by atoms with Gasteiger partial charge in [0.05, 0.1) is 5.92 Å². The molecule has 0 atom stereocenters. The molecule has 0 unspecified atom stereocenters. The lowest BCUT2D eigenvalue weighted by Crippen LogP contribution is -2.29. The molecule has 25 heavy (non-hydrogen) atoms. The number of nitrogens with one attached hydrogen (secondary N) is 2. The van der Waals surface area contributed by atoms with Crippen LogP contribution in [0.4, 0.5) is 5.69 Å². The second-order valence-corrected chi connectivity index (χ2v) is 7.17. The fourth-order valence-electron chi connectivity index (χ4n) is 3.54. The second-order valence-electron chi connectivity index (χ2n) is 7.17. The van der Waals surface area contributed by atoms with E-state index >= 15 is 0 Å². The van der Waals surface area contributed by atoms with Crippen LogP contribution in [0.2, 0.25) is 0 Å². The number of fused-ring (bicyclic) bond motifs is 1. The van der Waals surface area contributed by atoms with E-state index in [-0.39, 0.29) is 5.92 Å². The summed E-state index contributed by atoms with van der Waals surface area (Å²) in [5, 5.41) is 15.0. The van der Waals surface area contributed by atoms with Crippen LogP contribution in [0.5, 0.6) is 0 Å². The summed E-state index contributed by atoms with van der Waals surface area (Å²) in [5.41, 5.74) is 6.43. The Hall–Kier alpha value is -2.42. The van der Waals surface area contributed by atoms with Gasteiger partial charge in [0.15, 0.2) is 0 Å². The van der Waals surface area contributed by atoms with Crippen molar-refractivity contribution in [3.63, 3.8) is 0 Å². The van der Waals surface area contributed by atoms with Gasteiger partial charge in [-0.15, -0.1) is 0 Å². The summed E-state index contributed by atoms with van der Waals surface area (Å²) in [4.78, 5) is 2.46. The molecule has 0 bridgehead atoms. The Morgan fingerprint density at radius 2 is 1.68 bits per heavy atom. The van der Waals surface area contributed by atoms with Gasteiger partial charge >= 0.3 is 0 Å². The highest BCUT2D eigenvalue weighted by molar-refractivity contribution is 5.87. The highest BCUT2D eigenvalue weighted by Crippen LogP contribution is 2.31. The van der Waals surface area contributed by atoms with Crippen molar-refractivity contribution in [1.82, 2.24) is 0 Å². The SMILES string of the molecule is CC(C)c1ccc(CN2CCCc3cc(C(C=N)C=N)ccc32)cc1. The van der Waals surface area contributed by atoms with Gasteiger partial charge in [0.1, 0.15) is 0 Å². The summed E-state index contributed by atoms with van der Waals surface area (Å²) in [6, 6.07) is 15.4. The van der Waals surface area contributed by atoms with Gasteiger partial charge in [-0.2, -0.15) is 0 Å². The minimum Gasteiger partial charge on any atom is -0.367 e. The molecule has 0 aliphatic carbocycles. The molecule has 0 radical (unpaired) electrons. The van der Waals surface area contributed by atoms with E-state index in [1.165, 1.54) is 34.8 Å². The number of hydrogen-bond donors (Lipinski definition) is 2. The molecule has 3 heteroatoms. The van der Waals surface area contributed by atoms with Crippen LogP contribution >= 0.6 is 0 Å². The van der Waals surface area contributed by atoms with E-state index in [1.807, 2.05) is 0 Å². The number of benzene rings is 2. The summed E-state index contributed by atoms with van der Waals surface area (Å²) >= 11 is 0. The highest BCUT2D eigenvalue weighted by atomic mass is 15.1. The molecule has 130 valence electrons. The molecule has 2 N–H and O–H groups in total. The van der Waals surface area contributed by atoms with E-state index < -0.39 is 0 Å². The quantitative estimate of drug-likeness (QED) is 0.706. The summed E-state index contributed by atoms with van der Waals surface area (Å²) in [7, 11) is 0. The topological polar surface area (TPSA) is 50.9 Å². The van der Waals surface area contributed by atoms with Crippen LogP contribution in [-0.2, 0) is 13.0 Å². The summed E-state index contributed by atoms with van der Waals surface area (Å²) in [5.74, 6) is 0.364. The molecular formula is C22H27N3. The van der Waals surface area contributed by atoms with Crippen LogP contribution in [-0.4, -0.2) is 19.0 Å². The summed E-state index contributed by atoms with van der Waals surface area (Å²) in [6.45, 7) is 6.47. The molecule has 1 aliphatic heterocycles. The Kier molecular flexibility index (Phi) is 5.32. The molecule has 3 rings (SSSR count). The number of aryl methyl sites for hydroxylation is 1. The first-order valence-corrected chi connectivity index (χ1v) is 9.10. The predicted octanol–water partition coefficient (Wildman–Crippen LogP) is 5.15. The second kappa shape index (κ2) is 7.64. The van der Waals surface area contributed by atoms with Gasteiger partial charge in [-0.1, -0.05) is 50.2 Å². The molecule has 3 nitrogen and oxygen atoms in total. The predicted molar refractivity (Wildman–Crippen MR) is 107 cm³/mol. The van der Waals surface area contributed by atoms with Crippen molar-refractivity contribution < 1.29 is 0 Å². The zero-order chi connectivity index (χ0) is 17.8. The van der Waals surface area contributed by atoms with Crippen LogP contribution in [0, 0.1) is 10.8 Å². The molecule has 1 heterocycles. The minimum atomic E-state index is -0.204. The van der Waals surface area contributed by atoms with E-state index in [0.29, 0.717) is 5.92 Å². The van der Waals surface area contributed by atoms with Crippen LogP contribution in [0.25, 0.3) is 0 Å². The van der Waals surface area contributed by atoms with Gasteiger partial charge < -0.3 is 15.7 Å². The molecular weight excluding hydrogens is 306 g/mol. The molecule has 2 aromatic carbocycles. The lowest BCUT2D eigenvalue weighted by atomic mass is 9.93. The van der Waals surface area contributed by atoms with E-state index in [2.05, 4.69) is 61.2 Å². The number of rotatable bonds is 6. The Bertz CT molecular complexity index is 738. The van der Waals surface area contributed by atoms with Crippen molar-refractivity contribution in [1.29, 1.82) is 10.8 Å². The lowest BCUT2D eigenvalue weighted by molar-refractivity contribution is 0.690. The average molecular weight is 333 g/mol. The average Bonchev–Trinajstić information content (AvgIpc) is 2.63. The fourth-order valence-corrected chi connectivity index (χ4v) is 3.54. The van der Waals surface area contributed by atoms with Gasteiger partial charge in [0, 0.05) is 31.2 Å². The first-order chi connectivity index (χ1) is 12.1. The molecule has 0 amide bonds. The van der Waals surface area contributed by atoms with Crippen molar-refractivity contribution in [2.45, 2.75) is 45.1 Å². The van der Waals surface area contributed by atoms with Crippen molar-refractivity contribution in [2.24, 2.45) is 0 Å². The van der Waals surface area contributed by atoms with Gasteiger partial charge in [-0.3, -0.25) is 0 Å². The third-order valence-corrected chi connectivity index (χ3v) is 5.08. The van der Waals surface area contributed by atoms with Crippen molar-refractivity contribution >= 4 is 18.1 Å². The molecule has 1 aliphatic rings. The Labute approximate surface area is 150 Å². The van der Waals surface area contributed by atoms with E-state index in [1.54, 1.807) is 0 Å². The van der Waals surface area contributed by atoms with E-state index in [0.717, 1.165) is 31.5 Å². The van der Waals surface area contributed by atoms with Crippen LogP contribution in [0.1, 0.15) is 54.4 Å². The highest BCUT2D eigenvalue weighted by Gasteiger charge is 2.18. The van der Waals surface area contributed by atoms with Crippen molar-refractivity contribution in [3.05, 3.63) is 64.7 Å². The molecule has 0 saturated carbocycles. The third-order valence-electron chi connectivity index (χ3n) is 5.08. The van der Waals surface area contributed by atoms with Gasteiger partial charge in [0.2, 0.25) is 0 Å². The normalized spacial score (nSPS) is 14.9. The molecule has 0 saturated heterocycles. The number of anilines is 1. The monoisotopic (exact) mass is 333 g/mol. The van der Waals surface area contributed by atoms with Crippen LogP contribution in [0.3, 0.4) is 0 Å². The van der Waals surface area contributed by atoms with Crippen LogP contribution in [0.15, 0.2) is 42.5 Å². The Morgan fingerprint density at radius 3 is 2.32 bits per heavy atom. The molecule has 2 aromatic rings. The summed E-state index contributed by atoms with van der Waals surface area (Å²) < 4.78 is 0. The first-order valence-electron chi connectivity index (χ1n) is 9.10. The standard InChI is InChI=1S/C22H27N3/c1-16(2)18-7-5-17(6-8-18)15-25-11-3-4-20-12-19(9-10-22(20)25)21(13-23)14-24/h5-10,12-14,16,21,23-24H,3-4,11,15H2,1-2H3. The molecule has 0 aromatic heterocycles. The largest absolute Gasteiger partial charge is 0.367 e. The molecule has 0 spiro atoms. The first kappa shape index (κ1) is 17.4. The zero-order valence-corrected chi connectivity index (χ0v) is 15.1. The van der Waals surface area contributed by atoms with Crippen molar-refractivity contribution in [3.8, 4) is 0 Å². The maximum Gasteiger partial charge on any atom is 0.0532 e. The Morgan fingerprint density at radius 1 is 1.00 bits per heavy atom. The van der Waals surface area contributed by atoms with Crippen LogP contribution < -0.4 is 4.90 Å². The lowest BCUT2D eigenvalue weighted by Gasteiger charge is -2.32. The number of hydrogen-bond acceptors (Lipinski definition) is 3. The Balaban J connectivity index is 1.81. The smallest absolute Gasteiger partial charge is 0.0532 e. The number of nitrogens with zero attached hydrogens (tertiary/aromatic N) is 1. The van der Waals surface area contributed by atoms with Gasteiger partial charge in [0.25, 0.3) is 0 Å². The third kappa shape index (κ3) is 3.81. The zero-order valence-electron chi connectivity index (χ0n) is 15.1. The maximum atomic E-state index is 7.49. The van der Waals surface area contributed by atoms with Gasteiger partial charge in [-0.05, 0) is 47.1 Å². The molecule has 0 fully saturated rings. The fraction of sp³-hybridized carbons (Fsp3) is 0.364. The van der Waals surface area contributed by atoms with E-state index in [4.69, 9.17) is 10.8 Å². The maximum absolute atomic E-state index is 7.49.